The molecule has 7 heteroatoms. The Labute approximate surface area is 134 Å². The van der Waals surface area contributed by atoms with Gasteiger partial charge in [0.05, 0.1) is 5.56 Å². The standard InChI is InChI=1S/C16H10ClF3N2O/c17-14-9-11(16(18,19)20)10-21-15(14)23-13-5-3-12(4-6-13)22-7-1-2-8-22/h1-10H. The van der Waals surface area contributed by atoms with Crippen molar-refractivity contribution < 1.29 is 17.9 Å². The summed E-state index contributed by atoms with van der Waals surface area (Å²) < 4.78 is 45.0. The van der Waals surface area contributed by atoms with Crippen LogP contribution in [0.4, 0.5) is 13.2 Å². The van der Waals surface area contributed by atoms with E-state index < -0.39 is 11.7 Å². The van der Waals surface area contributed by atoms with Gasteiger partial charge in [-0.1, -0.05) is 11.6 Å². The van der Waals surface area contributed by atoms with Crippen molar-refractivity contribution in [2.75, 3.05) is 0 Å². The summed E-state index contributed by atoms with van der Waals surface area (Å²) in [5.74, 6) is 0.350. The van der Waals surface area contributed by atoms with Crippen LogP contribution in [0.1, 0.15) is 5.56 Å². The van der Waals surface area contributed by atoms with E-state index in [4.69, 9.17) is 16.3 Å². The van der Waals surface area contributed by atoms with Gasteiger partial charge < -0.3 is 9.30 Å². The lowest BCUT2D eigenvalue weighted by atomic mass is 10.3. The number of ether oxygens (including phenoxy) is 1. The summed E-state index contributed by atoms with van der Waals surface area (Å²) in [5.41, 5.74) is 0.00614. The summed E-state index contributed by atoms with van der Waals surface area (Å²) >= 11 is 5.81. The van der Waals surface area contributed by atoms with Crippen molar-refractivity contribution in [3.05, 3.63) is 71.6 Å². The highest BCUT2D eigenvalue weighted by Crippen LogP contribution is 2.34. The van der Waals surface area contributed by atoms with Crippen LogP contribution in [0.25, 0.3) is 5.69 Å². The Morgan fingerprint density at radius 3 is 2.26 bits per heavy atom. The second-order valence-corrected chi connectivity index (χ2v) is 5.10. The Bertz CT molecular complexity index is 799. The van der Waals surface area contributed by atoms with E-state index in [-0.39, 0.29) is 10.9 Å². The molecular formula is C16H10ClF3N2O. The van der Waals surface area contributed by atoms with Crippen LogP contribution in [-0.2, 0) is 6.18 Å². The number of alkyl halides is 3. The van der Waals surface area contributed by atoms with Crippen molar-refractivity contribution in [3.63, 3.8) is 0 Å². The van der Waals surface area contributed by atoms with Crippen molar-refractivity contribution in [2.24, 2.45) is 0 Å². The number of rotatable bonds is 3. The van der Waals surface area contributed by atoms with Crippen LogP contribution < -0.4 is 4.74 Å². The highest BCUT2D eigenvalue weighted by atomic mass is 35.5. The molecule has 0 saturated heterocycles. The number of aromatic nitrogens is 2. The van der Waals surface area contributed by atoms with E-state index in [1.54, 1.807) is 12.1 Å². The Kier molecular flexibility index (Phi) is 4.00. The molecule has 0 aliphatic rings. The van der Waals surface area contributed by atoms with E-state index in [2.05, 4.69) is 4.98 Å². The Balaban J connectivity index is 1.79. The first kappa shape index (κ1) is 15.4. The molecule has 0 atom stereocenters. The van der Waals surface area contributed by atoms with Crippen molar-refractivity contribution >= 4 is 11.6 Å². The number of hydrogen-bond donors (Lipinski definition) is 0. The first-order chi connectivity index (χ1) is 10.9. The van der Waals surface area contributed by atoms with Crippen LogP contribution in [0.2, 0.25) is 5.02 Å². The summed E-state index contributed by atoms with van der Waals surface area (Å²) in [6.45, 7) is 0. The third-order valence-electron chi connectivity index (χ3n) is 3.09. The molecule has 0 aliphatic carbocycles. The molecule has 0 radical (unpaired) electrons. The molecule has 0 amide bonds. The van der Waals surface area contributed by atoms with Crippen molar-refractivity contribution in [1.82, 2.24) is 9.55 Å². The molecule has 0 aliphatic heterocycles. The molecule has 2 aromatic heterocycles. The third-order valence-corrected chi connectivity index (χ3v) is 3.36. The van der Waals surface area contributed by atoms with Gasteiger partial charge in [0.2, 0.25) is 5.88 Å². The van der Waals surface area contributed by atoms with E-state index in [9.17, 15) is 13.2 Å². The zero-order chi connectivity index (χ0) is 16.4. The highest BCUT2D eigenvalue weighted by molar-refractivity contribution is 6.31. The predicted molar refractivity (Wildman–Crippen MR) is 80.1 cm³/mol. The van der Waals surface area contributed by atoms with Gasteiger partial charge in [-0.3, -0.25) is 0 Å². The molecule has 0 bridgehead atoms. The second-order valence-electron chi connectivity index (χ2n) is 4.70. The summed E-state index contributed by atoms with van der Waals surface area (Å²) in [4.78, 5) is 3.63. The number of halogens is 4. The maximum Gasteiger partial charge on any atom is 0.417 e. The lowest BCUT2D eigenvalue weighted by molar-refractivity contribution is -0.137. The van der Waals surface area contributed by atoms with Crippen LogP contribution in [0.3, 0.4) is 0 Å². The number of benzene rings is 1. The van der Waals surface area contributed by atoms with Crippen molar-refractivity contribution in [2.45, 2.75) is 6.18 Å². The van der Waals surface area contributed by atoms with Crippen molar-refractivity contribution in [1.29, 1.82) is 0 Å². The Hall–Kier alpha value is -2.47. The monoisotopic (exact) mass is 338 g/mol. The van der Waals surface area contributed by atoms with Crippen molar-refractivity contribution in [3.8, 4) is 17.3 Å². The molecule has 0 fully saturated rings. The molecule has 0 unspecified atom stereocenters. The van der Waals surface area contributed by atoms with Gasteiger partial charge in [0.25, 0.3) is 0 Å². The smallest absolute Gasteiger partial charge is 0.417 e. The SMILES string of the molecule is FC(F)(F)c1cnc(Oc2ccc(-n3cccc3)cc2)c(Cl)c1. The molecule has 3 nitrogen and oxygen atoms in total. The fourth-order valence-corrected chi connectivity index (χ4v) is 2.17. The summed E-state index contributed by atoms with van der Waals surface area (Å²) in [7, 11) is 0. The number of nitrogens with zero attached hydrogens (tertiary/aromatic N) is 2. The molecule has 118 valence electrons. The first-order valence-corrected chi connectivity index (χ1v) is 6.95. The Morgan fingerprint density at radius 2 is 1.70 bits per heavy atom. The average molecular weight is 339 g/mol. The zero-order valence-corrected chi connectivity index (χ0v) is 12.3. The molecule has 2 heterocycles. The molecule has 0 saturated carbocycles. The third kappa shape index (κ3) is 3.48. The highest BCUT2D eigenvalue weighted by Gasteiger charge is 2.31. The van der Waals surface area contributed by atoms with Gasteiger partial charge in [0.15, 0.2) is 0 Å². The van der Waals surface area contributed by atoms with Crippen LogP contribution in [-0.4, -0.2) is 9.55 Å². The fraction of sp³-hybridized carbons (Fsp3) is 0.0625. The molecule has 1 aromatic carbocycles. The topological polar surface area (TPSA) is 27.1 Å². The number of pyridine rings is 1. The minimum atomic E-state index is -4.49. The maximum absolute atomic E-state index is 12.6. The quantitative estimate of drug-likeness (QED) is 0.644. The average Bonchev–Trinajstić information content (AvgIpc) is 3.03. The first-order valence-electron chi connectivity index (χ1n) is 6.57. The van der Waals surface area contributed by atoms with Gasteiger partial charge in [0, 0.05) is 24.3 Å². The molecule has 3 aromatic rings. The minimum Gasteiger partial charge on any atom is -0.438 e. The van der Waals surface area contributed by atoms with E-state index in [0.717, 1.165) is 11.8 Å². The Morgan fingerprint density at radius 1 is 1.04 bits per heavy atom. The van der Waals surface area contributed by atoms with Gasteiger partial charge in [-0.05, 0) is 42.5 Å². The normalized spacial score (nSPS) is 11.5. The van der Waals surface area contributed by atoms with Crippen LogP contribution in [0.5, 0.6) is 11.6 Å². The van der Waals surface area contributed by atoms with Gasteiger partial charge >= 0.3 is 6.18 Å². The molecule has 3 rings (SSSR count). The zero-order valence-electron chi connectivity index (χ0n) is 11.6. The van der Waals surface area contributed by atoms with Gasteiger partial charge in [-0.15, -0.1) is 0 Å². The molecule has 0 spiro atoms. The second kappa shape index (κ2) is 5.96. The molecular weight excluding hydrogens is 329 g/mol. The molecule has 0 N–H and O–H groups in total. The van der Waals surface area contributed by atoms with Gasteiger partial charge in [-0.2, -0.15) is 13.2 Å². The van der Waals surface area contributed by atoms with Gasteiger partial charge in [-0.25, -0.2) is 4.98 Å². The lowest BCUT2D eigenvalue weighted by Crippen LogP contribution is -2.05. The van der Waals surface area contributed by atoms with Gasteiger partial charge in [0.1, 0.15) is 10.8 Å². The lowest BCUT2D eigenvalue weighted by Gasteiger charge is -2.10. The largest absolute Gasteiger partial charge is 0.438 e. The van der Waals surface area contributed by atoms with Crippen LogP contribution >= 0.6 is 11.6 Å². The van der Waals surface area contributed by atoms with E-state index in [1.165, 1.54) is 0 Å². The van der Waals surface area contributed by atoms with Crippen LogP contribution in [0, 0.1) is 0 Å². The van der Waals surface area contributed by atoms with E-state index in [0.29, 0.717) is 11.9 Å². The summed E-state index contributed by atoms with van der Waals surface area (Å²) in [6, 6.07) is 11.6. The number of hydrogen-bond acceptors (Lipinski definition) is 2. The maximum atomic E-state index is 12.6. The van der Waals surface area contributed by atoms with E-state index >= 15 is 0 Å². The predicted octanol–water partition coefficient (Wildman–Crippen LogP) is 5.34. The minimum absolute atomic E-state index is 0.0756. The molecule has 23 heavy (non-hydrogen) atoms. The fourth-order valence-electron chi connectivity index (χ4n) is 1.96. The van der Waals surface area contributed by atoms with E-state index in [1.807, 2.05) is 41.2 Å². The summed E-state index contributed by atoms with van der Waals surface area (Å²) in [6.07, 6.45) is -0.0166. The summed E-state index contributed by atoms with van der Waals surface area (Å²) in [5, 5.41) is -0.200. The van der Waals surface area contributed by atoms with Crippen LogP contribution in [0.15, 0.2) is 61.1 Å².